The van der Waals surface area contributed by atoms with Crippen LogP contribution in [-0.4, -0.2) is 40.0 Å². The van der Waals surface area contributed by atoms with Crippen LogP contribution in [0.5, 0.6) is 0 Å². The number of hydrogen-bond acceptors (Lipinski definition) is 2. The van der Waals surface area contributed by atoms with Crippen LogP contribution in [0.2, 0.25) is 0 Å². The number of fused-ring (bicyclic) bond motifs is 1. The Hall–Kier alpha value is -1.06. The van der Waals surface area contributed by atoms with Crippen molar-refractivity contribution in [3.05, 3.63) is 29.6 Å². The molecule has 2 atom stereocenters. The van der Waals surface area contributed by atoms with Crippen LogP contribution in [0.4, 0.5) is 0 Å². The van der Waals surface area contributed by atoms with E-state index in [0.29, 0.717) is 18.0 Å². The lowest BCUT2D eigenvalue weighted by atomic mass is 9.98. The van der Waals surface area contributed by atoms with E-state index < -0.39 is 0 Å². The molecule has 1 aliphatic heterocycles. The second kappa shape index (κ2) is 5.98. The maximum atomic E-state index is 6.00. The van der Waals surface area contributed by atoms with Gasteiger partial charge < -0.3 is 9.47 Å². The van der Waals surface area contributed by atoms with Gasteiger partial charge in [0.25, 0.3) is 0 Å². The number of benzene rings is 1. The van der Waals surface area contributed by atoms with Crippen molar-refractivity contribution < 1.29 is 0 Å². The van der Waals surface area contributed by atoms with Gasteiger partial charge in [-0.1, -0.05) is 6.07 Å². The molecule has 1 fully saturated rings. The average molecular weight is 306 g/mol. The largest absolute Gasteiger partial charge is 0.325 e. The normalized spacial score (nSPS) is 23.8. The van der Waals surface area contributed by atoms with Crippen molar-refractivity contribution >= 4 is 22.6 Å². The van der Waals surface area contributed by atoms with Crippen molar-refractivity contribution in [1.82, 2.24) is 14.5 Å². The first kappa shape index (κ1) is 14.9. The van der Waals surface area contributed by atoms with E-state index in [1.807, 2.05) is 0 Å². The first-order valence-corrected chi connectivity index (χ1v) is 8.37. The highest BCUT2D eigenvalue weighted by molar-refractivity contribution is 6.17. The van der Waals surface area contributed by atoms with Crippen LogP contribution in [0.1, 0.15) is 37.2 Å². The van der Waals surface area contributed by atoms with Crippen molar-refractivity contribution in [2.45, 2.75) is 45.2 Å². The van der Waals surface area contributed by atoms with Crippen molar-refractivity contribution in [2.75, 3.05) is 19.5 Å². The van der Waals surface area contributed by atoms with Crippen molar-refractivity contribution in [1.29, 1.82) is 0 Å². The van der Waals surface area contributed by atoms with Gasteiger partial charge in [-0.05, 0) is 51.4 Å². The maximum absolute atomic E-state index is 6.00. The van der Waals surface area contributed by atoms with Gasteiger partial charge >= 0.3 is 0 Å². The van der Waals surface area contributed by atoms with E-state index in [-0.39, 0.29) is 0 Å². The summed E-state index contributed by atoms with van der Waals surface area (Å²) in [5.74, 6) is 1.78. The fourth-order valence-electron chi connectivity index (χ4n) is 3.42. The summed E-state index contributed by atoms with van der Waals surface area (Å²) in [7, 11) is 2.22. The number of aryl methyl sites for hydroxylation is 2. The molecular weight excluding hydrogens is 282 g/mol. The summed E-state index contributed by atoms with van der Waals surface area (Å²) in [4.78, 5) is 7.27. The summed E-state index contributed by atoms with van der Waals surface area (Å²) >= 11 is 6.00. The Balaban J connectivity index is 2.06. The lowest BCUT2D eigenvalue weighted by Crippen LogP contribution is -2.38. The standard InChI is InChI=1S/C17H24ClN3/c1-12-4-5-15-16(10-12)21(17(19-15)6-8-18)14-7-9-20(3)13(2)11-14/h4-5,10,13-14H,6-9,11H2,1-3H3. The minimum atomic E-state index is 0.543. The van der Waals surface area contributed by atoms with Gasteiger partial charge in [0.1, 0.15) is 5.82 Å². The highest BCUT2D eigenvalue weighted by Crippen LogP contribution is 2.31. The molecule has 0 saturated carbocycles. The monoisotopic (exact) mass is 305 g/mol. The smallest absolute Gasteiger partial charge is 0.111 e. The number of alkyl halides is 1. The minimum absolute atomic E-state index is 0.543. The van der Waals surface area contributed by atoms with Crippen LogP contribution in [0.3, 0.4) is 0 Å². The Morgan fingerprint density at radius 2 is 2.19 bits per heavy atom. The molecule has 0 bridgehead atoms. The Morgan fingerprint density at radius 3 is 2.90 bits per heavy atom. The number of halogens is 1. The topological polar surface area (TPSA) is 21.1 Å². The number of imidazole rings is 1. The molecule has 0 spiro atoms. The highest BCUT2D eigenvalue weighted by Gasteiger charge is 2.26. The van der Waals surface area contributed by atoms with E-state index in [9.17, 15) is 0 Å². The van der Waals surface area contributed by atoms with Crippen LogP contribution in [-0.2, 0) is 6.42 Å². The molecular formula is C17H24ClN3. The molecule has 0 radical (unpaired) electrons. The molecule has 1 aromatic heterocycles. The molecule has 3 rings (SSSR count). The van der Waals surface area contributed by atoms with E-state index in [1.54, 1.807) is 0 Å². The predicted molar refractivity (Wildman–Crippen MR) is 89.3 cm³/mol. The second-order valence-corrected chi connectivity index (χ2v) is 6.71. The Bertz CT molecular complexity index is 634. The van der Waals surface area contributed by atoms with Crippen LogP contribution in [0, 0.1) is 6.92 Å². The lowest BCUT2D eigenvalue weighted by molar-refractivity contribution is 0.157. The summed E-state index contributed by atoms with van der Waals surface area (Å²) in [5, 5.41) is 0. The highest BCUT2D eigenvalue weighted by atomic mass is 35.5. The average Bonchev–Trinajstić information content (AvgIpc) is 2.80. The predicted octanol–water partition coefficient (Wildman–Crippen LogP) is 3.78. The fourth-order valence-corrected chi connectivity index (χ4v) is 3.59. The number of rotatable bonds is 3. The summed E-state index contributed by atoms with van der Waals surface area (Å²) < 4.78 is 2.47. The van der Waals surface area contributed by atoms with E-state index in [4.69, 9.17) is 16.6 Å². The van der Waals surface area contributed by atoms with Gasteiger partial charge in [-0.3, -0.25) is 0 Å². The van der Waals surface area contributed by atoms with Crippen LogP contribution >= 0.6 is 11.6 Å². The number of aromatic nitrogens is 2. The molecule has 3 nitrogen and oxygen atoms in total. The zero-order valence-corrected chi connectivity index (χ0v) is 13.9. The van der Waals surface area contributed by atoms with E-state index in [2.05, 4.69) is 48.6 Å². The van der Waals surface area contributed by atoms with Gasteiger partial charge in [-0.15, -0.1) is 11.6 Å². The maximum Gasteiger partial charge on any atom is 0.111 e. The number of hydrogen-bond donors (Lipinski definition) is 0. The van der Waals surface area contributed by atoms with Crippen molar-refractivity contribution in [2.24, 2.45) is 0 Å². The molecule has 1 aromatic carbocycles. The first-order valence-electron chi connectivity index (χ1n) is 7.84. The SMILES string of the molecule is Cc1ccc2nc(CCCl)n(C3CCN(C)C(C)C3)c2c1. The van der Waals surface area contributed by atoms with Gasteiger partial charge in [0.2, 0.25) is 0 Å². The van der Waals surface area contributed by atoms with Crippen molar-refractivity contribution in [3.8, 4) is 0 Å². The van der Waals surface area contributed by atoms with Gasteiger partial charge in [0.05, 0.1) is 11.0 Å². The summed E-state index contributed by atoms with van der Waals surface area (Å²) in [6, 6.07) is 7.71. The third-order valence-corrected chi connectivity index (χ3v) is 4.97. The summed E-state index contributed by atoms with van der Waals surface area (Å²) in [5.41, 5.74) is 3.67. The van der Waals surface area contributed by atoms with Crippen molar-refractivity contribution in [3.63, 3.8) is 0 Å². The molecule has 2 heterocycles. The van der Waals surface area contributed by atoms with Gasteiger partial charge in [0, 0.05) is 30.9 Å². The van der Waals surface area contributed by atoms with Crippen LogP contribution in [0.15, 0.2) is 18.2 Å². The van der Waals surface area contributed by atoms with Crippen LogP contribution < -0.4 is 0 Å². The van der Waals surface area contributed by atoms with Gasteiger partial charge in [-0.25, -0.2) is 4.98 Å². The molecule has 1 aliphatic rings. The molecule has 21 heavy (non-hydrogen) atoms. The fraction of sp³-hybridized carbons (Fsp3) is 0.588. The molecule has 114 valence electrons. The van der Waals surface area contributed by atoms with E-state index >= 15 is 0 Å². The second-order valence-electron chi connectivity index (χ2n) is 6.34. The first-order chi connectivity index (χ1) is 10.1. The lowest BCUT2D eigenvalue weighted by Gasteiger charge is -2.36. The Kier molecular flexibility index (Phi) is 4.23. The molecule has 4 heteroatoms. The number of nitrogens with zero attached hydrogens (tertiary/aromatic N) is 3. The Morgan fingerprint density at radius 1 is 1.38 bits per heavy atom. The van der Waals surface area contributed by atoms with Gasteiger partial charge in [-0.2, -0.15) is 0 Å². The third-order valence-electron chi connectivity index (χ3n) is 4.78. The molecule has 0 amide bonds. The summed E-state index contributed by atoms with van der Waals surface area (Å²) in [6.07, 6.45) is 3.22. The van der Waals surface area contributed by atoms with Gasteiger partial charge in [0.15, 0.2) is 0 Å². The molecule has 2 aromatic rings. The van der Waals surface area contributed by atoms with Crippen LogP contribution in [0.25, 0.3) is 11.0 Å². The molecule has 1 saturated heterocycles. The Labute approximate surface area is 131 Å². The zero-order valence-electron chi connectivity index (χ0n) is 13.1. The molecule has 0 aliphatic carbocycles. The zero-order chi connectivity index (χ0) is 15.0. The van der Waals surface area contributed by atoms with E-state index in [0.717, 1.165) is 24.3 Å². The third kappa shape index (κ3) is 2.82. The van der Waals surface area contributed by atoms with E-state index in [1.165, 1.54) is 23.9 Å². The minimum Gasteiger partial charge on any atom is -0.325 e. The molecule has 2 unspecified atom stereocenters. The quantitative estimate of drug-likeness (QED) is 0.805. The number of piperidine rings is 1. The summed E-state index contributed by atoms with van der Waals surface area (Å²) in [6.45, 7) is 5.62. The number of likely N-dealkylation sites (tertiary alicyclic amines) is 1. The molecule has 0 N–H and O–H groups in total.